The summed E-state index contributed by atoms with van der Waals surface area (Å²) in [6.45, 7) is 6.19. The number of hydrogen-bond acceptors (Lipinski definition) is 4. The van der Waals surface area contributed by atoms with E-state index in [1.54, 1.807) is 0 Å². The first kappa shape index (κ1) is 20.0. The van der Waals surface area contributed by atoms with Crippen LogP contribution >= 0.6 is 0 Å². The molecule has 6 nitrogen and oxygen atoms in total. The highest BCUT2D eigenvalue weighted by molar-refractivity contribution is 6.02. The van der Waals surface area contributed by atoms with Crippen LogP contribution in [0, 0.1) is 19.8 Å². The lowest BCUT2D eigenvalue weighted by molar-refractivity contribution is -0.120. The first-order valence-electron chi connectivity index (χ1n) is 9.62. The second-order valence-electron chi connectivity index (χ2n) is 7.46. The quantitative estimate of drug-likeness (QED) is 0.744. The third kappa shape index (κ3) is 4.77. The van der Waals surface area contributed by atoms with E-state index in [9.17, 15) is 9.59 Å². The zero-order valence-corrected chi connectivity index (χ0v) is 16.4. The summed E-state index contributed by atoms with van der Waals surface area (Å²) in [4.78, 5) is 26.6. The SMILES string of the molecule is Cc1cccc(NC(=O)NC(=O)CN2C[C@@H](CN)[C@H](c3ccccc3)C2)c1C. The van der Waals surface area contributed by atoms with E-state index in [1.807, 2.05) is 50.2 Å². The van der Waals surface area contributed by atoms with E-state index in [0.29, 0.717) is 24.1 Å². The topological polar surface area (TPSA) is 87.5 Å². The number of carbonyl (C=O) groups excluding carboxylic acids is 2. The molecule has 1 fully saturated rings. The maximum atomic E-state index is 12.3. The number of anilines is 1. The Morgan fingerprint density at radius 2 is 1.82 bits per heavy atom. The molecule has 1 saturated heterocycles. The number of hydrogen-bond donors (Lipinski definition) is 3. The Kier molecular flexibility index (Phi) is 6.44. The van der Waals surface area contributed by atoms with Gasteiger partial charge >= 0.3 is 6.03 Å². The number of aryl methyl sites for hydroxylation is 1. The van der Waals surface area contributed by atoms with Crippen LogP contribution in [-0.2, 0) is 4.79 Å². The minimum atomic E-state index is -0.507. The summed E-state index contributed by atoms with van der Waals surface area (Å²) < 4.78 is 0. The second-order valence-corrected chi connectivity index (χ2v) is 7.46. The number of benzene rings is 2. The molecule has 148 valence electrons. The molecule has 1 aliphatic heterocycles. The van der Waals surface area contributed by atoms with Crippen molar-refractivity contribution in [2.75, 3.05) is 31.5 Å². The highest BCUT2D eigenvalue weighted by Crippen LogP contribution is 2.31. The van der Waals surface area contributed by atoms with Crippen LogP contribution in [0.3, 0.4) is 0 Å². The van der Waals surface area contributed by atoms with Crippen LogP contribution in [0.15, 0.2) is 48.5 Å². The zero-order chi connectivity index (χ0) is 20.1. The second kappa shape index (κ2) is 8.99. The standard InChI is InChI=1S/C22H28N4O2/c1-15-7-6-10-20(16(15)2)24-22(28)25-21(27)14-26-12-18(11-23)19(13-26)17-8-4-3-5-9-17/h3-10,18-19H,11-14,23H2,1-2H3,(H2,24,25,27,28)/t18-,19+/m1/s1. The van der Waals surface area contributed by atoms with Gasteiger partial charge in [0.05, 0.1) is 6.54 Å². The minimum Gasteiger partial charge on any atom is -0.330 e. The van der Waals surface area contributed by atoms with E-state index in [-0.39, 0.29) is 12.5 Å². The third-order valence-electron chi connectivity index (χ3n) is 5.52. The Labute approximate surface area is 166 Å². The molecule has 2 aromatic carbocycles. The lowest BCUT2D eigenvalue weighted by Crippen LogP contribution is -2.41. The molecule has 0 spiro atoms. The van der Waals surface area contributed by atoms with Gasteiger partial charge in [-0.2, -0.15) is 0 Å². The van der Waals surface area contributed by atoms with Crippen molar-refractivity contribution >= 4 is 17.6 Å². The lowest BCUT2D eigenvalue weighted by Gasteiger charge is -2.16. The largest absolute Gasteiger partial charge is 0.330 e. The van der Waals surface area contributed by atoms with Crippen molar-refractivity contribution in [1.82, 2.24) is 10.2 Å². The first-order chi connectivity index (χ1) is 13.5. The molecule has 3 rings (SSSR count). The molecule has 0 aliphatic carbocycles. The molecule has 0 saturated carbocycles. The third-order valence-corrected chi connectivity index (χ3v) is 5.52. The van der Waals surface area contributed by atoms with Crippen LogP contribution in [0.1, 0.15) is 22.6 Å². The van der Waals surface area contributed by atoms with Crippen molar-refractivity contribution in [3.05, 3.63) is 65.2 Å². The maximum Gasteiger partial charge on any atom is 0.325 e. The summed E-state index contributed by atoms with van der Waals surface area (Å²) in [6.07, 6.45) is 0. The minimum absolute atomic E-state index is 0.181. The van der Waals surface area contributed by atoms with E-state index in [1.165, 1.54) is 5.56 Å². The Bertz CT molecular complexity index is 838. The van der Waals surface area contributed by atoms with Crippen molar-refractivity contribution < 1.29 is 9.59 Å². The van der Waals surface area contributed by atoms with Gasteiger partial charge in [-0.15, -0.1) is 0 Å². The van der Waals surface area contributed by atoms with E-state index < -0.39 is 6.03 Å². The van der Waals surface area contributed by atoms with Crippen molar-refractivity contribution in [3.63, 3.8) is 0 Å². The van der Waals surface area contributed by atoms with Crippen molar-refractivity contribution in [3.8, 4) is 0 Å². The van der Waals surface area contributed by atoms with Gasteiger partial charge < -0.3 is 11.1 Å². The maximum absolute atomic E-state index is 12.3. The average molecular weight is 380 g/mol. The summed E-state index contributed by atoms with van der Waals surface area (Å²) in [7, 11) is 0. The fraction of sp³-hybridized carbons (Fsp3) is 0.364. The molecule has 2 aromatic rings. The van der Waals surface area contributed by atoms with Crippen molar-refractivity contribution in [2.24, 2.45) is 11.7 Å². The van der Waals surface area contributed by atoms with Crippen LogP contribution in [0.5, 0.6) is 0 Å². The van der Waals surface area contributed by atoms with Crippen LogP contribution in [0.25, 0.3) is 0 Å². The molecule has 4 N–H and O–H groups in total. The summed E-state index contributed by atoms with van der Waals surface area (Å²) in [5.41, 5.74) is 9.98. The molecule has 0 aromatic heterocycles. The molecule has 1 heterocycles. The van der Waals surface area contributed by atoms with Crippen molar-refractivity contribution in [1.29, 1.82) is 0 Å². The van der Waals surface area contributed by atoms with Gasteiger partial charge in [-0.1, -0.05) is 42.5 Å². The Balaban J connectivity index is 1.54. The van der Waals surface area contributed by atoms with Gasteiger partial charge in [-0.05, 0) is 49.1 Å². The predicted octanol–water partition coefficient (Wildman–Crippen LogP) is 2.63. The van der Waals surface area contributed by atoms with Crippen LogP contribution in [0.2, 0.25) is 0 Å². The van der Waals surface area contributed by atoms with Crippen LogP contribution in [-0.4, -0.2) is 43.0 Å². The number of urea groups is 1. The number of imide groups is 1. The molecule has 28 heavy (non-hydrogen) atoms. The Morgan fingerprint density at radius 1 is 1.07 bits per heavy atom. The van der Waals surface area contributed by atoms with Gasteiger partial charge in [0.25, 0.3) is 0 Å². The van der Waals surface area contributed by atoms with Gasteiger partial charge in [-0.3, -0.25) is 15.0 Å². The van der Waals surface area contributed by atoms with Crippen LogP contribution in [0.4, 0.5) is 10.5 Å². The average Bonchev–Trinajstić information content (AvgIpc) is 3.08. The smallest absolute Gasteiger partial charge is 0.325 e. The van der Waals surface area contributed by atoms with E-state index in [4.69, 9.17) is 5.73 Å². The first-order valence-corrected chi connectivity index (χ1v) is 9.62. The number of carbonyl (C=O) groups is 2. The summed E-state index contributed by atoms with van der Waals surface area (Å²) in [6, 6.07) is 15.4. The van der Waals surface area contributed by atoms with Crippen molar-refractivity contribution in [2.45, 2.75) is 19.8 Å². The molecule has 6 heteroatoms. The molecular formula is C22H28N4O2. The predicted molar refractivity (Wildman–Crippen MR) is 111 cm³/mol. The van der Waals surface area contributed by atoms with E-state index in [0.717, 1.165) is 24.2 Å². The van der Waals surface area contributed by atoms with E-state index >= 15 is 0 Å². The Hall–Kier alpha value is -2.70. The fourth-order valence-electron chi connectivity index (χ4n) is 3.82. The number of nitrogens with zero attached hydrogens (tertiary/aromatic N) is 1. The van der Waals surface area contributed by atoms with Gasteiger partial charge in [-0.25, -0.2) is 4.79 Å². The van der Waals surface area contributed by atoms with Gasteiger partial charge in [0.15, 0.2) is 0 Å². The molecule has 0 unspecified atom stereocenters. The number of rotatable bonds is 5. The number of nitrogens with two attached hydrogens (primary N) is 1. The summed E-state index contributed by atoms with van der Waals surface area (Å²) in [5, 5.41) is 5.18. The molecule has 0 radical (unpaired) electrons. The highest BCUT2D eigenvalue weighted by Gasteiger charge is 2.33. The van der Waals surface area contributed by atoms with Gasteiger partial charge in [0, 0.05) is 24.7 Å². The number of nitrogens with one attached hydrogen (secondary N) is 2. The molecular weight excluding hydrogens is 352 g/mol. The summed E-state index contributed by atoms with van der Waals surface area (Å²) in [5.74, 6) is 0.300. The van der Waals surface area contributed by atoms with Gasteiger partial charge in [0.1, 0.15) is 0 Å². The fourth-order valence-corrected chi connectivity index (χ4v) is 3.82. The lowest BCUT2D eigenvalue weighted by atomic mass is 9.89. The number of likely N-dealkylation sites (tertiary alicyclic amines) is 1. The molecule has 2 atom stereocenters. The van der Waals surface area contributed by atoms with E-state index in [2.05, 4.69) is 27.7 Å². The monoisotopic (exact) mass is 380 g/mol. The molecule has 3 amide bonds. The number of amides is 3. The summed E-state index contributed by atoms with van der Waals surface area (Å²) >= 11 is 0. The van der Waals surface area contributed by atoms with Crippen LogP contribution < -0.4 is 16.4 Å². The normalized spacial score (nSPS) is 19.4. The molecule has 1 aliphatic rings. The van der Waals surface area contributed by atoms with Gasteiger partial charge in [0.2, 0.25) is 5.91 Å². The highest BCUT2D eigenvalue weighted by atomic mass is 16.2. The molecule has 0 bridgehead atoms. The zero-order valence-electron chi connectivity index (χ0n) is 16.4. The Morgan fingerprint density at radius 3 is 2.54 bits per heavy atom.